The van der Waals surface area contributed by atoms with Gasteiger partial charge in [0.05, 0.1) is 12.5 Å². The molecule has 1 atom stereocenters. The van der Waals surface area contributed by atoms with Crippen molar-refractivity contribution >= 4 is 28.4 Å². The van der Waals surface area contributed by atoms with Gasteiger partial charge in [0.25, 0.3) is 0 Å². The molecule has 7 nitrogen and oxygen atoms in total. The third-order valence-electron chi connectivity index (χ3n) is 7.11. The summed E-state index contributed by atoms with van der Waals surface area (Å²) in [5.41, 5.74) is 1.93. The van der Waals surface area contributed by atoms with Crippen molar-refractivity contribution in [1.29, 1.82) is 0 Å². The van der Waals surface area contributed by atoms with E-state index in [1.54, 1.807) is 0 Å². The molecule has 3 heterocycles. The van der Waals surface area contributed by atoms with Crippen molar-refractivity contribution < 1.29 is 19.1 Å². The third kappa shape index (κ3) is 2.95. The van der Waals surface area contributed by atoms with Crippen LogP contribution in [0.1, 0.15) is 50.1 Å². The molecule has 3 aliphatic rings. The third-order valence-corrected chi connectivity index (χ3v) is 7.11. The number of likely N-dealkylation sites (tertiary alicyclic amines) is 1. The summed E-state index contributed by atoms with van der Waals surface area (Å²) < 4.78 is 11.0. The van der Waals surface area contributed by atoms with E-state index in [-0.39, 0.29) is 24.6 Å². The van der Waals surface area contributed by atoms with Gasteiger partial charge in [0, 0.05) is 22.8 Å². The van der Waals surface area contributed by atoms with Gasteiger partial charge >= 0.3 is 0 Å². The lowest BCUT2D eigenvalue weighted by Gasteiger charge is -2.54. The Bertz CT molecular complexity index is 1210. The highest BCUT2D eigenvalue weighted by Gasteiger charge is 2.55. The van der Waals surface area contributed by atoms with E-state index in [0.29, 0.717) is 25.0 Å². The number of nitrogens with zero attached hydrogens (tertiary/aromatic N) is 1. The van der Waals surface area contributed by atoms with Crippen molar-refractivity contribution in [3.8, 4) is 11.5 Å². The number of rotatable bonds is 4. The smallest absolute Gasteiger partial charge is 0.250 e. The summed E-state index contributed by atoms with van der Waals surface area (Å²) in [4.78, 5) is 31.7. The van der Waals surface area contributed by atoms with Crippen molar-refractivity contribution in [3.05, 3.63) is 54.2 Å². The molecule has 32 heavy (non-hydrogen) atoms. The average Bonchev–Trinajstić information content (AvgIpc) is 3.46. The lowest BCUT2D eigenvalue weighted by atomic mass is 9.74. The molecule has 1 saturated carbocycles. The number of aromatic amines is 1. The second-order valence-corrected chi connectivity index (χ2v) is 8.92. The van der Waals surface area contributed by atoms with Gasteiger partial charge in [-0.05, 0) is 54.8 Å². The van der Waals surface area contributed by atoms with Crippen LogP contribution in [-0.2, 0) is 9.59 Å². The van der Waals surface area contributed by atoms with Crippen LogP contribution in [0.4, 0.5) is 5.69 Å². The number of carbonyl (C=O) groups is 2. The molecule has 7 heteroatoms. The molecule has 1 saturated heterocycles. The molecular weight excluding hydrogens is 406 g/mol. The fourth-order valence-corrected chi connectivity index (χ4v) is 5.43. The van der Waals surface area contributed by atoms with Gasteiger partial charge < -0.3 is 24.7 Å². The van der Waals surface area contributed by atoms with E-state index < -0.39 is 5.54 Å². The predicted molar refractivity (Wildman–Crippen MR) is 120 cm³/mol. The van der Waals surface area contributed by atoms with Gasteiger partial charge in [-0.25, -0.2) is 0 Å². The fraction of sp³-hybridized carbons (Fsp3) is 0.360. The highest BCUT2D eigenvalue weighted by atomic mass is 16.7. The first-order valence-electron chi connectivity index (χ1n) is 11.2. The minimum atomic E-state index is -0.832. The molecule has 0 spiro atoms. The number of anilines is 1. The minimum absolute atomic E-state index is 0.0332. The summed E-state index contributed by atoms with van der Waals surface area (Å²) in [5.74, 6) is 1.36. The Hall–Kier alpha value is -3.48. The predicted octanol–water partition coefficient (Wildman–Crippen LogP) is 4.51. The summed E-state index contributed by atoms with van der Waals surface area (Å²) >= 11 is 0. The fourth-order valence-electron chi connectivity index (χ4n) is 5.43. The zero-order chi connectivity index (χ0) is 21.7. The molecule has 6 rings (SSSR count). The van der Waals surface area contributed by atoms with E-state index in [2.05, 4.69) is 10.3 Å². The average molecular weight is 431 g/mol. The van der Waals surface area contributed by atoms with Crippen LogP contribution in [0, 0.1) is 0 Å². The van der Waals surface area contributed by atoms with Crippen molar-refractivity contribution in [2.45, 2.75) is 50.1 Å². The van der Waals surface area contributed by atoms with Gasteiger partial charge in [0.2, 0.25) is 18.6 Å². The van der Waals surface area contributed by atoms with Crippen molar-refractivity contribution in [3.63, 3.8) is 0 Å². The lowest BCUT2D eigenvalue weighted by molar-refractivity contribution is -0.166. The Morgan fingerprint density at radius 2 is 1.88 bits per heavy atom. The minimum Gasteiger partial charge on any atom is -0.454 e. The number of ether oxygens (including phenoxy) is 2. The van der Waals surface area contributed by atoms with Crippen molar-refractivity contribution in [2.75, 3.05) is 12.1 Å². The SMILES string of the molecule is O=C1C[C@H](c2ccc3c(c2)OCO3)N1C1(C(=O)Nc2ccc3[nH]ccc3c2)CCCCC1. The van der Waals surface area contributed by atoms with Gasteiger partial charge in [-0.15, -0.1) is 0 Å². The molecule has 2 aromatic carbocycles. The molecule has 0 unspecified atom stereocenters. The maximum atomic E-state index is 13.8. The highest BCUT2D eigenvalue weighted by molar-refractivity contribution is 6.03. The lowest BCUT2D eigenvalue weighted by Crippen LogP contribution is -2.65. The summed E-state index contributed by atoms with van der Waals surface area (Å²) in [6.07, 6.45) is 6.60. The number of hydrogen-bond donors (Lipinski definition) is 2. The Morgan fingerprint density at radius 3 is 2.72 bits per heavy atom. The molecule has 164 valence electrons. The van der Waals surface area contributed by atoms with Crippen molar-refractivity contribution in [2.24, 2.45) is 0 Å². The van der Waals surface area contributed by atoms with Gasteiger partial charge in [0.1, 0.15) is 5.54 Å². The van der Waals surface area contributed by atoms with Crippen LogP contribution in [0.25, 0.3) is 10.9 Å². The first-order chi connectivity index (χ1) is 15.6. The first kappa shape index (κ1) is 19.2. The maximum Gasteiger partial charge on any atom is 0.250 e. The molecule has 2 aliphatic heterocycles. The Morgan fingerprint density at radius 1 is 1.03 bits per heavy atom. The van der Waals surface area contributed by atoms with Crippen molar-refractivity contribution in [1.82, 2.24) is 9.88 Å². The quantitative estimate of drug-likeness (QED) is 0.596. The topological polar surface area (TPSA) is 83.7 Å². The molecule has 2 amide bonds. The largest absolute Gasteiger partial charge is 0.454 e. The number of β-lactam (4-membered cyclic amide) rings is 1. The Kier molecular flexibility index (Phi) is 4.38. The van der Waals surface area contributed by atoms with Crippen LogP contribution in [0.5, 0.6) is 11.5 Å². The molecule has 2 N–H and O–H groups in total. The van der Waals surface area contributed by atoms with E-state index in [0.717, 1.165) is 47.2 Å². The maximum absolute atomic E-state index is 13.8. The Labute approximate surface area is 185 Å². The van der Waals surface area contributed by atoms with E-state index in [1.165, 1.54) is 0 Å². The number of amides is 2. The first-order valence-corrected chi connectivity index (χ1v) is 11.2. The molecule has 3 aromatic rings. The van der Waals surface area contributed by atoms with E-state index in [9.17, 15) is 9.59 Å². The second kappa shape index (κ2) is 7.29. The number of nitrogens with one attached hydrogen (secondary N) is 2. The molecule has 0 bridgehead atoms. The van der Waals surface area contributed by atoms with Crippen LogP contribution in [0.15, 0.2) is 48.7 Å². The summed E-state index contributed by atoms with van der Waals surface area (Å²) in [5, 5.41) is 4.17. The van der Waals surface area contributed by atoms with Crippen LogP contribution < -0.4 is 14.8 Å². The monoisotopic (exact) mass is 431 g/mol. The van der Waals surface area contributed by atoms with Crippen LogP contribution in [0.2, 0.25) is 0 Å². The normalized spacial score (nSPS) is 21.4. The molecule has 1 aliphatic carbocycles. The van der Waals surface area contributed by atoms with E-state index in [4.69, 9.17) is 9.47 Å². The zero-order valence-corrected chi connectivity index (χ0v) is 17.7. The molecular formula is C25H25N3O4. The van der Waals surface area contributed by atoms with Gasteiger partial charge in [-0.2, -0.15) is 0 Å². The van der Waals surface area contributed by atoms with Gasteiger partial charge in [-0.1, -0.05) is 25.3 Å². The number of carbonyl (C=O) groups excluding carboxylic acids is 2. The van der Waals surface area contributed by atoms with Gasteiger partial charge in [-0.3, -0.25) is 9.59 Å². The van der Waals surface area contributed by atoms with Crippen LogP contribution in [-0.4, -0.2) is 34.0 Å². The number of aromatic nitrogens is 1. The van der Waals surface area contributed by atoms with Crippen LogP contribution >= 0.6 is 0 Å². The molecule has 2 fully saturated rings. The number of hydrogen-bond acceptors (Lipinski definition) is 4. The zero-order valence-electron chi connectivity index (χ0n) is 17.7. The number of benzene rings is 2. The van der Waals surface area contributed by atoms with Gasteiger partial charge in [0.15, 0.2) is 11.5 Å². The summed E-state index contributed by atoms with van der Waals surface area (Å²) in [6, 6.07) is 13.5. The molecule has 0 radical (unpaired) electrons. The number of H-pyrrole nitrogens is 1. The summed E-state index contributed by atoms with van der Waals surface area (Å²) in [6.45, 7) is 0.212. The highest BCUT2D eigenvalue weighted by Crippen LogP contribution is 2.48. The van der Waals surface area contributed by atoms with Crippen LogP contribution in [0.3, 0.4) is 0 Å². The number of fused-ring (bicyclic) bond motifs is 2. The Balaban J connectivity index is 1.32. The summed E-state index contributed by atoms with van der Waals surface area (Å²) in [7, 11) is 0. The standard InChI is InChI=1S/C25H25N3O4/c29-23-14-20(17-4-7-21-22(13-17)32-15-31-21)28(23)25(9-2-1-3-10-25)24(30)27-18-5-6-19-16(12-18)8-11-26-19/h4-8,11-13,20,26H,1-3,9-10,14-15H2,(H,27,30)/t20-/m1/s1. The van der Waals surface area contributed by atoms with E-state index >= 15 is 0 Å². The van der Waals surface area contributed by atoms with E-state index in [1.807, 2.05) is 53.6 Å². The molecule has 1 aromatic heterocycles. The second-order valence-electron chi connectivity index (χ2n) is 8.92.